The van der Waals surface area contributed by atoms with Gasteiger partial charge in [-0.2, -0.15) is 13.7 Å². The Morgan fingerprint density at radius 1 is 1.26 bits per heavy atom. The third-order valence-electron chi connectivity index (χ3n) is 3.68. The molecule has 0 N–H and O–H groups in total. The number of benzene rings is 1. The minimum atomic E-state index is -3.55. The van der Waals surface area contributed by atoms with E-state index in [1.165, 1.54) is 0 Å². The first-order valence-corrected chi connectivity index (χ1v) is 9.25. The van der Waals surface area contributed by atoms with Crippen LogP contribution in [0.2, 0.25) is 0 Å². The fraction of sp³-hybridized carbons (Fsp3) is 0.353. The number of aromatic nitrogens is 1. The van der Waals surface area contributed by atoms with Gasteiger partial charge in [0.2, 0.25) is 0 Å². The highest BCUT2D eigenvalue weighted by Crippen LogP contribution is 2.32. The first-order valence-electron chi connectivity index (χ1n) is 7.43. The van der Waals surface area contributed by atoms with E-state index in [0.29, 0.717) is 5.56 Å². The van der Waals surface area contributed by atoms with E-state index in [4.69, 9.17) is 4.18 Å². The standard InChI is InChI=1S/C17H20N2O3S/c1-5-14-10-13(11-18)17(19(14)6-2)16-8-7-15(9-12(16)3)22-23(4,20)21/h7-10H,5-6H2,1-4H3. The SMILES string of the molecule is CCc1cc(C#N)c(-c2ccc(OS(C)(=O)=O)cc2C)n1CC. The van der Waals surface area contributed by atoms with E-state index >= 15 is 0 Å². The molecule has 5 nitrogen and oxygen atoms in total. The molecule has 0 bridgehead atoms. The topological polar surface area (TPSA) is 72.1 Å². The number of nitriles is 1. The van der Waals surface area contributed by atoms with Gasteiger partial charge in [-0.05, 0) is 50.1 Å². The molecule has 0 spiro atoms. The Morgan fingerprint density at radius 2 is 1.96 bits per heavy atom. The van der Waals surface area contributed by atoms with Crippen LogP contribution in [0.4, 0.5) is 0 Å². The Hall–Kier alpha value is -2.26. The maximum Gasteiger partial charge on any atom is 0.306 e. The molecule has 0 aliphatic rings. The molecule has 0 aliphatic carbocycles. The summed E-state index contributed by atoms with van der Waals surface area (Å²) in [7, 11) is -3.55. The molecular formula is C17H20N2O3S. The van der Waals surface area contributed by atoms with Gasteiger partial charge in [0.1, 0.15) is 11.8 Å². The minimum Gasteiger partial charge on any atom is -0.383 e. The van der Waals surface area contributed by atoms with Gasteiger partial charge in [0.05, 0.1) is 17.5 Å². The molecule has 0 unspecified atom stereocenters. The molecule has 0 aliphatic heterocycles. The van der Waals surface area contributed by atoms with Gasteiger partial charge in [0, 0.05) is 17.8 Å². The summed E-state index contributed by atoms with van der Waals surface area (Å²) in [5.74, 6) is 0.276. The van der Waals surface area contributed by atoms with Crippen LogP contribution in [0.1, 0.15) is 30.7 Å². The van der Waals surface area contributed by atoms with Crippen molar-refractivity contribution in [2.75, 3.05) is 6.26 Å². The van der Waals surface area contributed by atoms with Crippen molar-refractivity contribution in [2.24, 2.45) is 0 Å². The van der Waals surface area contributed by atoms with Crippen molar-refractivity contribution in [3.63, 3.8) is 0 Å². The van der Waals surface area contributed by atoms with Crippen LogP contribution in [0.5, 0.6) is 5.75 Å². The maximum atomic E-state index is 11.2. The number of rotatable bonds is 5. The minimum absolute atomic E-state index is 0.276. The molecule has 6 heteroatoms. The zero-order valence-electron chi connectivity index (χ0n) is 13.8. The second-order valence-corrected chi connectivity index (χ2v) is 6.95. The van der Waals surface area contributed by atoms with Crippen LogP contribution in [0.15, 0.2) is 24.3 Å². The van der Waals surface area contributed by atoms with E-state index < -0.39 is 10.1 Å². The van der Waals surface area contributed by atoms with Crippen LogP contribution in [-0.2, 0) is 23.1 Å². The molecule has 0 atom stereocenters. The molecule has 0 saturated heterocycles. The van der Waals surface area contributed by atoms with E-state index in [-0.39, 0.29) is 5.75 Å². The van der Waals surface area contributed by atoms with Crippen LogP contribution in [-0.4, -0.2) is 19.2 Å². The molecule has 1 aromatic carbocycles. The largest absolute Gasteiger partial charge is 0.383 e. The van der Waals surface area contributed by atoms with Gasteiger partial charge < -0.3 is 8.75 Å². The van der Waals surface area contributed by atoms with Crippen molar-refractivity contribution in [1.29, 1.82) is 5.26 Å². The van der Waals surface area contributed by atoms with E-state index in [2.05, 4.69) is 17.6 Å². The van der Waals surface area contributed by atoms with Gasteiger partial charge in [0.25, 0.3) is 0 Å². The van der Waals surface area contributed by atoms with Gasteiger partial charge in [-0.1, -0.05) is 6.92 Å². The smallest absolute Gasteiger partial charge is 0.306 e. The van der Waals surface area contributed by atoms with Gasteiger partial charge in [-0.15, -0.1) is 0 Å². The summed E-state index contributed by atoms with van der Waals surface area (Å²) in [6.07, 6.45) is 1.86. The van der Waals surface area contributed by atoms with Gasteiger partial charge in [0.15, 0.2) is 0 Å². The summed E-state index contributed by atoms with van der Waals surface area (Å²) in [6.45, 7) is 6.74. The number of hydrogen-bond acceptors (Lipinski definition) is 4. The number of hydrogen-bond donors (Lipinski definition) is 0. The fourth-order valence-corrected chi connectivity index (χ4v) is 3.21. The first-order chi connectivity index (χ1) is 10.8. The second kappa shape index (κ2) is 6.47. The molecule has 1 aromatic heterocycles. The van der Waals surface area contributed by atoms with Crippen molar-refractivity contribution in [2.45, 2.75) is 33.7 Å². The van der Waals surface area contributed by atoms with Crippen LogP contribution in [0.3, 0.4) is 0 Å². The lowest BCUT2D eigenvalue weighted by Gasteiger charge is -2.14. The quantitative estimate of drug-likeness (QED) is 0.788. The molecule has 2 aromatic rings. The summed E-state index contributed by atoms with van der Waals surface area (Å²) in [4.78, 5) is 0. The van der Waals surface area contributed by atoms with Crippen LogP contribution < -0.4 is 4.18 Å². The lowest BCUT2D eigenvalue weighted by Crippen LogP contribution is -2.06. The summed E-state index contributed by atoms with van der Waals surface area (Å²) in [6, 6.07) is 9.27. The first kappa shape index (κ1) is 17.1. The monoisotopic (exact) mass is 332 g/mol. The van der Waals surface area contributed by atoms with Crippen molar-refractivity contribution in [1.82, 2.24) is 4.57 Å². The summed E-state index contributed by atoms with van der Waals surface area (Å²) < 4.78 is 29.5. The number of nitrogens with zero attached hydrogens (tertiary/aromatic N) is 2. The van der Waals surface area contributed by atoms with Gasteiger partial charge in [-0.3, -0.25) is 0 Å². The van der Waals surface area contributed by atoms with Crippen molar-refractivity contribution in [3.05, 3.63) is 41.1 Å². The van der Waals surface area contributed by atoms with Crippen molar-refractivity contribution < 1.29 is 12.6 Å². The van der Waals surface area contributed by atoms with Crippen molar-refractivity contribution >= 4 is 10.1 Å². The lowest BCUT2D eigenvalue weighted by molar-refractivity contribution is 0.493. The molecular weight excluding hydrogens is 312 g/mol. The maximum absolute atomic E-state index is 11.2. The number of aryl methyl sites for hydroxylation is 2. The second-order valence-electron chi connectivity index (χ2n) is 5.37. The molecule has 0 radical (unpaired) electrons. The Balaban J connectivity index is 2.59. The van der Waals surface area contributed by atoms with Gasteiger partial charge in [-0.25, -0.2) is 0 Å². The summed E-state index contributed by atoms with van der Waals surface area (Å²) in [5, 5.41) is 9.44. The Morgan fingerprint density at radius 3 is 2.43 bits per heavy atom. The zero-order valence-corrected chi connectivity index (χ0v) is 14.6. The Bertz CT molecular complexity index is 874. The molecule has 23 heavy (non-hydrogen) atoms. The van der Waals surface area contributed by atoms with Crippen LogP contribution in [0.25, 0.3) is 11.3 Å². The summed E-state index contributed by atoms with van der Waals surface area (Å²) in [5.41, 5.74) is 4.37. The highest BCUT2D eigenvalue weighted by Gasteiger charge is 2.17. The van der Waals surface area contributed by atoms with E-state index in [0.717, 1.165) is 41.7 Å². The molecule has 1 heterocycles. The molecule has 2 rings (SSSR count). The molecule has 0 saturated carbocycles. The van der Waals surface area contributed by atoms with Crippen LogP contribution in [0, 0.1) is 18.3 Å². The van der Waals surface area contributed by atoms with E-state index in [1.807, 2.05) is 19.9 Å². The zero-order chi connectivity index (χ0) is 17.2. The van der Waals surface area contributed by atoms with Gasteiger partial charge >= 0.3 is 10.1 Å². The molecule has 122 valence electrons. The third kappa shape index (κ3) is 3.57. The average Bonchev–Trinajstić information content (AvgIpc) is 2.83. The average molecular weight is 332 g/mol. The van der Waals surface area contributed by atoms with E-state index in [1.54, 1.807) is 18.2 Å². The predicted octanol–water partition coefficient (Wildman–Crippen LogP) is 3.26. The predicted molar refractivity (Wildman–Crippen MR) is 89.8 cm³/mol. The summed E-state index contributed by atoms with van der Waals surface area (Å²) >= 11 is 0. The highest BCUT2D eigenvalue weighted by atomic mass is 32.2. The normalized spacial score (nSPS) is 11.3. The third-order valence-corrected chi connectivity index (χ3v) is 4.18. The van der Waals surface area contributed by atoms with Crippen molar-refractivity contribution in [3.8, 4) is 23.1 Å². The van der Waals surface area contributed by atoms with E-state index in [9.17, 15) is 13.7 Å². The fourth-order valence-electron chi connectivity index (χ4n) is 2.76. The molecule has 0 amide bonds. The Labute approximate surface area is 137 Å². The lowest BCUT2D eigenvalue weighted by atomic mass is 10.0. The highest BCUT2D eigenvalue weighted by molar-refractivity contribution is 7.86. The van der Waals surface area contributed by atoms with Crippen LogP contribution >= 0.6 is 0 Å². The Kier molecular flexibility index (Phi) is 4.81. The molecule has 0 fully saturated rings.